The van der Waals surface area contributed by atoms with Crippen LogP contribution in [0.1, 0.15) is 36.8 Å². The van der Waals surface area contributed by atoms with Crippen molar-refractivity contribution in [3.8, 4) is 0 Å². The molecule has 0 saturated carbocycles. The van der Waals surface area contributed by atoms with Crippen LogP contribution in [0.4, 0.5) is 0 Å². The minimum Gasteiger partial charge on any atom is -0.350 e. The van der Waals surface area contributed by atoms with Crippen LogP contribution >= 0.6 is 0 Å². The summed E-state index contributed by atoms with van der Waals surface area (Å²) in [7, 11) is 0. The highest BCUT2D eigenvalue weighted by molar-refractivity contribution is 5.76. The van der Waals surface area contributed by atoms with Gasteiger partial charge in [0.1, 0.15) is 0 Å². The first-order valence-corrected chi connectivity index (χ1v) is 8.79. The molecule has 4 heteroatoms. The first-order valence-electron chi connectivity index (χ1n) is 8.79. The van der Waals surface area contributed by atoms with Gasteiger partial charge in [-0.15, -0.1) is 0 Å². The summed E-state index contributed by atoms with van der Waals surface area (Å²) in [6.07, 6.45) is 4.51. The molecular formula is C19H27NO3. The fourth-order valence-electron chi connectivity index (χ4n) is 3.43. The molecular weight excluding hydrogens is 290 g/mol. The molecule has 1 aromatic rings. The second-order valence-corrected chi connectivity index (χ2v) is 6.67. The summed E-state index contributed by atoms with van der Waals surface area (Å²) in [5.41, 5.74) is 2.60. The molecule has 2 fully saturated rings. The molecule has 126 valence electrons. The number of hydrogen-bond acceptors (Lipinski definition) is 3. The molecule has 4 nitrogen and oxygen atoms in total. The molecule has 3 rings (SSSR count). The Kier molecular flexibility index (Phi) is 5.68. The quantitative estimate of drug-likeness (QED) is 0.838. The van der Waals surface area contributed by atoms with Crippen LogP contribution in [-0.4, -0.2) is 43.4 Å². The Hall–Kier alpha value is -1.39. The zero-order valence-corrected chi connectivity index (χ0v) is 14.0. The van der Waals surface area contributed by atoms with Crippen molar-refractivity contribution in [1.82, 2.24) is 4.90 Å². The van der Waals surface area contributed by atoms with Gasteiger partial charge in [0.05, 0.1) is 13.2 Å². The van der Waals surface area contributed by atoms with Crippen LogP contribution in [0.2, 0.25) is 0 Å². The van der Waals surface area contributed by atoms with Crippen molar-refractivity contribution in [3.63, 3.8) is 0 Å². The predicted octanol–water partition coefficient (Wildman–Crippen LogP) is 2.93. The van der Waals surface area contributed by atoms with E-state index in [0.29, 0.717) is 31.5 Å². The van der Waals surface area contributed by atoms with Crippen molar-refractivity contribution in [2.24, 2.45) is 5.92 Å². The number of piperidine rings is 1. The van der Waals surface area contributed by atoms with E-state index in [4.69, 9.17) is 9.47 Å². The summed E-state index contributed by atoms with van der Waals surface area (Å²) >= 11 is 0. The lowest BCUT2D eigenvalue weighted by molar-refractivity contribution is -0.136. The van der Waals surface area contributed by atoms with Crippen LogP contribution in [-0.2, 0) is 20.7 Å². The highest BCUT2D eigenvalue weighted by Gasteiger charge is 2.31. The molecule has 0 aliphatic carbocycles. The van der Waals surface area contributed by atoms with Crippen molar-refractivity contribution in [3.05, 3.63) is 35.4 Å². The molecule has 1 amide bonds. The number of hydrogen-bond donors (Lipinski definition) is 0. The Bertz CT molecular complexity index is 500. The molecule has 1 aromatic carbocycles. The molecule has 0 unspecified atom stereocenters. The zero-order chi connectivity index (χ0) is 16.1. The SMILES string of the molecule is Cc1ccc(CCCC(=O)N2CCC(C3OCCO3)CC2)cc1. The molecule has 2 saturated heterocycles. The van der Waals surface area contributed by atoms with Crippen molar-refractivity contribution in [2.45, 2.75) is 45.3 Å². The normalized spacial score (nSPS) is 20.1. The van der Waals surface area contributed by atoms with E-state index in [9.17, 15) is 4.79 Å². The summed E-state index contributed by atoms with van der Waals surface area (Å²) in [5, 5.41) is 0. The molecule has 2 aliphatic heterocycles. The van der Waals surface area contributed by atoms with Crippen molar-refractivity contribution in [1.29, 1.82) is 0 Å². The fraction of sp³-hybridized carbons (Fsp3) is 0.632. The number of aryl methyl sites for hydroxylation is 2. The molecule has 0 aromatic heterocycles. The molecule has 0 radical (unpaired) electrons. The van der Waals surface area contributed by atoms with Gasteiger partial charge in [-0.25, -0.2) is 0 Å². The Morgan fingerprint density at radius 2 is 1.78 bits per heavy atom. The number of rotatable bonds is 5. The van der Waals surface area contributed by atoms with Crippen LogP contribution in [0.25, 0.3) is 0 Å². The number of carbonyl (C=O) groups excluding carboxylic acids is 1. The second-order valence-electron chi connectivity index (χ2n) is 6.67. The summed E-state index contributed by atoms with van der Waals surface area (Å²) in [4.78, 5) is 14.3. The van der Waals surface area contributed by atoms with E-state index in [1.54, 1.807) is 0 Å². The molecule has 0 atom stereocenters. The maximum absolute atomic E-state index is 12.3. The van der Waals surface area contributed by atoms with Gasteiger partial charge in [-0.1, -0.05) is 29.8 Å². The van der Waals surface area contributed by atoms with E-state index in [0.717, 1.165) is 38.8 Å². The molecule has 0 N–H and O–H groups in total. The third-order valence-electron chi connectivity index (χ3n) is 4.90. The van der Waals surface area contributed by atoms with Crippen LogP contribution in [0, 0.1) is 12.8 Å². The average molecular weight is 317 g/mol. The van der Waals surface area contributed by atoms with Crippen LogP contribution < -0.4 is 0 Å². The van der Waals surface area contributed by atoms with Gasteiger partial charge < -0.3 is 14.4 Å². The third-order valence-corrected chi connectivity index (χ3v) is 4.90. The summed E-state index contributed by atoms with van der Waals surface area (Å²) in [5.74, 6) is 0.748. The van der Waals surface area contributed by atoms with E-state index >= 15 is 0 Å². The first kappa shape index (κ1) is 16.5. The van der Waals surface area contributed by atoms with E-state index in [1.807, 2.05) is 4.90 Å². The van der Waals surface area contributed by atoms with Crippen LogP contribution in [0.3, 0.4) is 0 Å². The topological polar surface area (TPSA) is 38.8 Å². The van der Waals surface area contributed by atoms with Gasteiger partial charge in [0.15, 0.2) is 6.29 Å². The largest absolute Gasteiger partial charge is 0.350 e. The highest BCUT2D eigenvalue weighted by Crippen LogP contribution is 2.26. The summed E-state index contributed by atoms with van der Waals surface area (Å²) in [6.45, 7) is 5.21. The molecule has 2 aliphatic rings. The van der Waals surface area contributed by atoms with Gasteiger partial charge in [-0.05, 0) is 38.2 Å². The molecule has 2 heterocycles. The Morgan fingerprint density at radius 1 is 1.13 bits per heavy atom. The Labute approximate surface area is 138 Å². The van der Waals surface area contributed by atoms with E-state index in [-0.39, 0.29) is 6.29 Å². The van der Waals surface area contributed by atoms with Crippen molar-refractivity contribution < 1.29 is 14.3 Å². The molecule has 0 spiro atoms. The lowest BCUT2D eigenvalue weighted by Gasteiger charge is -2.34. The molecule has 23 heavy (non-hydrogen) atoms. The first-order chi connectivity index (χ1) is 11.2. The van der Waals surface area contributed by atoms with Gasteiger partial charge in [0.2, 0.25) is 5.91 Å². The van der Waals surface area contributed by atoms with E-state index in [2.05, 4.69) is 31.2 Å². The number of ether oxygens (including phenoxy) is 2. The number of benzene rings is 1. The van der Waals surface area contributed by atoms with Crippen LogP contribution in [0.15, 0.2) is 24.3 Å². The Balaban J connectivity index is 1.36. The summed E-state index contributed by atoms with van der Waals surface area (Å²) in [6, 6.07) is 8.59. The van der Waals surface area contributed by atoms with Crippen molar-refractivity contribution >= 4 is 5.91 Å². The predicted molar refractivity (Wildman–Crippen MR) is 89.1 cm³/mol. The van der Waals surface area contributed by atoms with Crippen LogP contribution in [0.5, 0.6) is 0 Å². The Morgan fingerprint density at radius 3 is 2.43 bits per heavy atom. The number of likely N-dealkylation sites (tertiary alicyclic amines) is 1. The monoisotopic (exact) mass is 317 g/mol. The highest BCUT2D eigenvalue weighted by atomic mass is 16.7. The maximum atomic E-state index is 12.3. The van der Waals surface area contributed by atoms with Gasteiger partial charge in [-0.3, -0.25) is 4.79 Å². The zero-order valence-electron chi connectivity index (χ0n) is 14.0. The van der Waals surface area contributed by atoms with Gasteiger partial charge >= 0.3 is 0 Å². The fourth-order valence-corrected chi connectivity index (χ4v) is 3.43. The summed E-state index contributed by atoms with van der Waals surface area (Å²) < 4.78 is 11.2. The number of amides is 1. The number of carbonyl (C=O) groups is 1. The average Bonchev–Trinajstić information content (AvgIpc) is 3.11. The standard InChI is InChI=1S/C19H27NO3/c1-15-5-7-16(8-6-15)3-2-4-18(21)20-11-9-17(10-12-20)19-22-13-14-23-19/h5-8,17,19H,2-4,9-14H2,1H3. The number of nitrogens with zero attached hydrogens (tertiary/aromatic N) is 1. The molecule has 0 bridgehead atoms. The lowest BCUT2D eigenvalue weighted by Crippen LogP contribution is -2.41. The van der Waals surface area contributed by atoms with Crippen molar-refractivity contribution in [2.75, 3.05) is 26.3 Å². The van der Waals surface area contributed by atoms with Gasteiger partial charge in [0, 0.05) is 25.4 Å². The minimum absolute atomic E-state index is 0.0335. The maximum Gasteiger partial charge on any atom is 0.222 e. The smallest absolute Gasteiger partial charge is 0.222 e. The van der Waals surface area contributed by atoms with Gasteiger partial charge in [0.25, 0.3) is 0 Å². The second kappa shape index (κ2) is 7.93. The van der Waals surface area contributed by atoms with E-state index in [1.165, 1.54) is 11.1 Å². The third kappa shape index (κ3) is 4.55. The van der Waals surface area contributed by atoms with Gasteiger partial charge in [-0.2, -0.15) is 0 Å². The van der Waals surface area contributed by atoms with E-state index < -0.39 is 0 Å². The lowest BCUT2D eigenvalue weighted by atomic mass is 9.95. The minimum atomic E-state index is -0.0335.